The molecule has 1 aliphatic heterocycles. The highest BCUT2D eigenvalue weighted by atomic mass is 32.2. The number of nitrogens with one attached hydrogen (secondary N) is 2. The van der Waals surface area contributed by atoms with Crippen LogP contribution in [-0.2, 0) is 16.1 Å². The second kappa shape index (κ2) is 10.8. The Kier molecular flexibility index (Phi) is 8.09. The van der Waals surface area contributed by atoms with Crippen molar-refractivity contribution in [3.63, 3.8) is 0 Å². The monoisotopic (exact) mass is 418 g/mol. The van der Waals surface area contributed by atoms with Gasteiger partial charge in [0, 0.05) is 19.6 Å². The number of hydrogen-bond donors (Lipinski definition) is 2. The van der Waals surface area contributed by atoms with Crippen molar-refractivity contribution in [3.8, 4) is 0 Å². The Morgan fingerprint density at radius 2 is 2.14 bits per heavy atom. The van der Waals surface area contributed by atoms with E-state index in [4.69, 9.17) is 4.74 Å². The van der Waals surface area contributed by atoms with E-state index in [0.717, 1.165) is 36.9 Å². The molecule has 0 saturated carbocycles. The van der Waals surface area contributed by atoms with Gasteiger partial charge in [0.15, 0.2) is 11.0 Å². The first-order valence-corrected chi connectivity index (χ1v) is 11.3. The lowest BCUT2D eigenvalue weighted by Gasteiger charge is -2.20. The molecule has 0 radical (unpaired) electrons. The highest BCUT2D eigenvalue weighted by Crippen LogP contribution is 2.22. The maximum atomic E-state index is 12.3. The summed E-state index contributed by atoms with van der Waals surface area (Å²) in [5.41, 5.74) is 1.20. The average Bonchev–Trinajstić information content (AvgIpc) is 3.37. The van der Waals surface area contributed by atoms with E-state index < -0.39 is 0 Å². The zero-order valence-corrected chi connectivity index (χ0v) is 18.4. The number of quaternary nitrogens is 1. The maximum absolute atomic E-state index is 12.3. The minimum Gasteiger partial charge on any atom is -0.376 e. The molecule has 3 rings (SSSR count). The number of hydrogen-bond acceptors (Lipinski definition) is 5. The SMILES string of the molecule is CC[C@@H](c1nnc(SCC(=O)NC[C@@H]2CCCO2)n1Cc1ccccc1)[NH+](C)C. The Bertz CT molecular complexity index is 775. The largest absolute Gasteiger partial charge is 0.376 e. The van der Waals surface area contributed by atoms with Gasteiger partial charge in [-0.2, -0.15) is 0 Å². The molecule has 7 nitrogen and oxygen atoms in total. The Morgan fingerprint density at radius 1 is 1.34 bits per heavy atom. The molecule has 29 heavy (non-hydrogen) atoms. The second-order valence-corrected chi connectivity index (χ2v) is 8.62. The number of carbonyl (C=O) groups excluding carboxylic acids is 1. The molecule has 0 unspecified atom stereocenters. The van der Waals surface area contributed by atoms with Crippen molar-refractivity contribution in [2.45, 2.75) is 50.0 Å². The predicted molar refractivity (Wildman–Crippen MR) is 114 cm³/mol. The van der Waals surface area contributed by atoms with E-state index in [9.17, 15) is 4.79 Å². The van der Waals surface area contributed by atoms with Crippen LogP contribution < -0.4 is 10.2 Å². The number of amides is 1. The second-order valence-electron chi connectivity index (χ2n) is 7.68. The zero-order valence-electron chi connectivity index (χ0n) is 17.6. The quantitative estimate of drug-likeness (QED) is 0.569. The number of ether oxygens (including phenoxy) is 1. The molecule has 0 aliphatic carbocycles. The molecule has 2 N–H and O–H groups in total. The molecular weight excluding hydrogens is 386 g/mol. The van der Waals surface area contributed by atoms with Crippen LogP contribution in [0.1, 0.15) is 43.6 Å². The number of nitrogens with zero attached hydrogens (tertiary/aromatic N) is 3. The molecule has 0 bridgehead atoms. The third-order valence-electron chi connectivity index (χ3n) is 5.23. The van der Waals surface area contributed by atoms with Crippen molar-refractivity contribution in [1.82, 2.24) is 20.1 Å². The zero-order chi connectivity index (χ0) is 20.6. The minimum absolute atomic E-state index is 0.00610. The van der Waals surface area contributed by atoms with Crippen LogP contribution in [0.25, 0.3) is 0 Å². The number of benzene rings is 1. The molecule has 158 valence electrons. The molecule has 8 heteroatoms. The van der Waals surface area contributed by atoms with E-state index in [1.807, 2.05) is 18.2 Å². The molecule has 0 spiro atoms. The van der Waals surface area contributed by atoms with Gasteiger partial charge in [-0.25, -0.2) is 0 Å². The number of thioether (sulfide) groups is 1. The van der Waals surface area contributed by atoms with Crippen LogP contribution in [0.15, 0.2) is 35.5 Å². The van der Waals surface area contributed by atoms with E-state index in [1.54, 1.807) is 0 Å². The summed E-state index contributed by atoms with van der Waals surface area (Å²) in [7, 11) is 4.28. The van der Waals surface area contributed by atoms with E-state index in [-0.39, 0.29) is 18.1 Å². The van der Waals surface area contributed by atoms with Crippen LogP contribution in [0.3, 0.4) is 0 Å². The van der Waals surface area contributed by atoms with Crippen LogP contribution in [0, 0.1) is 0 Å². The molecule has 1 amide bonds. The molecule has 1 fully saturated rings. The lowest BCUT2D eigenvalue weighted by molar-refractivity contribution is -0.893. The van der Waals surface area contributed by atoms with Crippen LogP contribution in [-0.4, -0.2) is 59.8 Å². The summed E-state index contributed by atoms with van der Waals surface area (Å²) in [5, 5.41) is 12.7. The number of aromatic nitrogens is 3. The van der Waals surface area contributed by atoms with Crippen molar-refractivity contribution >= 4 is 17.7 Å². The van der Waals surface area contributed by atoms with E-state index in [1.165, 1.54) is 22.2 Å². The van der Waals surface area contributed by atoms with Gasteiger partial charge < -0.3 is 15.0 Å². The van der Waals surface area contributed by atoms with Gasteiger partial charge in [0.25, 0.3) is 0 Å². The summed E-state index contributed by atoms with van der Waals surface area (Å²) in [6.07, 6.45) is 3.23. The van der Waals surface area contributed by atoms with Crippen molar-refractivity contribution < 1.29 is 14.4 Å². The first-order chi connectivity index (χ1) is 14.1. The normalized spacial score (nSPS) is 17.6. The van der Waals surface area contributed by atoms with Crippen LogP contribution in [0.4, 0.5) is 0 Å². The maximum Gasteiger partial charge on any atom is 0.230 e. The third-order valence-corrected chi connectivity index (χ3v) is 6.20. The summed E-state index contributed by atoms with van der Waals surface area (Å²) >= 11 is 1.44. The summed E-state index contributed by atoms with van der Waals surface area (Å²) in [4.78, 5) is 13.6. The Hall–Kier alpha value is -1.90. The Balaban J connectivity index is 1.69. The van der Waals surface area contributed by atoms with E-state index >= 15 is 0 Å². The minimum atomic E-state index is 0.00610. The lowest BCUT2D eigenvalue weighted by atomic mass is 10.2. The molecule has 1 saturated heterocycles. The van der Waals surface area contributed by atoms with E-state index in [2.05, 4.69) is 53.2 Å². The van der Waals surface area contributed by atoms with Gasteiger partial charge in [0.05, 0.1) is 32.5 Å². The lowest BCUT2D eigenvalue weighted by Crippen LogP contribution is -3.06. The first kappa shape index (κ1) is 21.8. The Labute approximate surface area is 177 Å². The smallest absolute Gasteiger partial charge is 0.230 e. The molecule has 2 heterocycles. The van der Waals surface area contributed by atoms with Crippen molar-refractivity contribution in [3.05, 3.63) is 41.7 Å². The third kappa shape index (κ3) is 6.04. The van der Waals surface area contributed by atoms with Crippen molar-refractivity contribution in [2.75, 3.05) is 33.0 Å². The van der Waals surface area contributed by atoms with Crippen LogP contribution >= 0.6 is 11.8 Å². The highest BCUT2D eigenvalue weighted by molar-refractivity contribution is 7.99. The topological polar surface area (TPSA) is 73.5 Å². The molecule has 2 atom stereocenters. The van der Waals surface area contributed by atoms with Gasteiger partial charge in [0.2, 0.25) is 5.91 Å². The molecular formula is C21H32N5O2S+. The summed E-state index contributed by atoms with van der Waals surface area (Å²) in [5.74, 6) is 1.30. The molecule has 2 aromatic rings. The van der Waals surface area contributed by atoms with Crippen LogP contribution in [0.2, 0.25) is 0 Å². The predicted octanol–water partition coefficient (Wildman–Crippen LogP) is 1.31. The number of carbonyl (C=O) groups is 1. The van der Waals surface area contributed by atoms with Gasteiger partial charge >= 0.3 is 0 Å². The van der Waals surface area contributed by atoms with Gasteiger partial charge in [-0.05, 0) is 18.4 Å². The van der Waals surface area contributed by atoms with E-state index in [0.29, 0.717) is 18.8 Å². The van der Waals surface area contributed by atoms with Crippen molar-refractivity contribution in [1.29, 1.82) is 0 Å². The van der Waals surface area contributed by atoms with Gasteiger partial charge in [0.1, 0.15) is 6.04 Å². The standard InChI is InChI=1S/C21H31N5O2S/c1-4-18(25(2)3)20-23-24-21(26(20)14-16-9-6-5-7-10-16)29-15-19(27)22-13-17-11-8-12-28-17/h5-7,9-10,17-18H,4,8,11-15H2,1-3H3,(H,22,27)/p+1/t17-,18-/m0/s1. The fourth-order valence-electron chi connectivity index (χ4n) is 3.64. The summed E-state index contributed by atoms with van der Waals surface area (Å²) in [6.45, 7) is 4.26. The first-order valence-electron chi connectivity index (χ1n) is 10.4. The molecule has 1 aliphatic rings. The van der Waals surface area contributed by atoms with Gasteiger partial charge in [-0.15, -0.1) is 10.2 Å². The number of rotatable bonds is 10. The summed E-state index contributed by atoms with van der Waals surface area (Å²) in [6, 6.07) is 10.6. The molecule has 1 aromatic heterocycles. The Morgan fingerprint density at radius 3 is 2.79 bits per heavy atom. The summed E-state index contributed by atoms with van der Waals surface area (Å²) < 4.78 is 7.73. The fourth-order valence-corrected chi connectivity index (χ4v) is 4.42. The van der Waals surface area contributed by atoms with Crippen molar-refractivity contribution in [2.24, 2.45) is 0 Å². The molecule has 1 aromatic carbocycles. The van der Waals surface area contributed by atoms with Crippen LogP contribution in [0.5, 0.6) is 0 Å². The average molecular weight is 419 g/mol. The van der Waals surface area contributed by atoms with Gasteiger partial charge in [-0.3, -0.25) is 9.36 Å². The van der Waals surface area contributed by atoms with Gasteiger partial charge in [-0.1, -0.05) is 49.0 Å². The fraction of sp³-hybridized carbons (Fsp3) is 0.571. The highest BCUT2D eigenvalue weighted by Gasteiger charge is 2.25.